The third-order valence-electron chi connectivity index (χ3n) is 17.6. The minimum atomic E-state index is -2.12. The van der Waals surface area contributed by atoms with Crippen molar-refractivity contribution in [1.82, 2.24) is 0 Å². The Hall–Kier alpha value is -7.54. The van der Waals surface area contributed by atoms with E-state index in [1.165, 1.54) is 114 Å². The first kappa shape index (κ1) is 39.2. The van der Waals surface area contributed by atoms with E-state index in [-0.39, 0.29) is 0 Å². The normalized spacial score (nSPS) is 16.2. The lowest BCUT2D eigenvalue weighted by atomic mass is 9.61. The molecule has 2 aliphatic heterocycles. The molecule has 3 aliphatic carbocycles. The predicted molar refractivity (Wildman–Crippen MR) is 299 cm³/mol. The van der Waals surface area contributed by atoms with Gasteiger partial charge in [0.05, 0.1) is 27.9 Å². The van der Waals surface area contributed by atoms with E-state index in [0.29, 0.717) is 0 Å². The molecule has 9 aromatic carbocycles. The standard InChI is InChI=1S/C66H43NOS2Si/c1-71(2)56-23-12-9-18-42(56)46-36-52-55(37-57(46)71)67(53-21-11-10-20-47(53)65(52,40-14-5-3-6-15-40)41-16-7-4-8-17-41)54-22-13-19-43-44-29-31-49-60(62(44)68-61(43)54)45-28-26-38-24-25-39-27-30-48(59(45)58(38)39)66(49)50-32-34-69-63(50)64-51(66)33-35-70-64/h3-23,26-37H,24-25H2,1-2H3. The maximum Gasteiger partial charge on any atom is 0.159 e. The van der Waals surface area contributed by atoms with Crippen molar-refractivity contribution in [1.29, 1.82) is 0 Å². The van der Waals surface area contributed by atoms with Gasteiger partial charge in [-0.05, 0) is 153 Å². The summed E-state index contributed by atoms with van der Waals surface area (Å²) in [6.07, 6.45) is 2.18. The SMILES string of the molecule is C[Si]1(C)c2ccccc2-c2cc3c(cc21)N(c1cccc2c1oc1c4c(ccc12)C1(c2ccsc2-c2sccc21)c1ccc2c5c(ccc-4c15)CC2)c1ccccc1C3(c1ccccc1)c1ccccc1. The second kappa shape index (κ2) is 13.4. The van der Waals surface area contributed by atoms with Crippen molar-refractivity contribution in [3.05, 3.63) is 254 Å². The van der Waals surface area contributed by atoms with Gasteiger partial charge in [0.25, 0.3) is 0 Å². The van der Waals surface area contributed by atoms with Crippen LogP contribution in [-0.4, -0.2) is 8.07 Å². The Morgan fingerprint density at radius 2 is 1.08 bits per heavy atom. The van der Waals surface area contributed by atoms with Gasteiger partial charge >= 0.3 is 0 Å². The highest BCUT2D eigenvalue weighted by molar-refractivity contribution is 7.21. The average molecular weight is 958 g/mol. The van der Waals surface area contributed by atoms with Gasteiger partial charge < -0.3 is 9.32 Å². The fourth-order valence-electron chi connectivity index (χ4n) is 14.8. The van der Waals surface area contributed by atoms with E-state index >= 15 is 0 Å². The molecule has 5 heterocycles. The molecule has 0 fully saturated rings. The molecule has 0 amide bonds. The lowest BCUT2D eigenvalue weighted by Crippen LogP contribution is -2.49. The number of hydrogen-bond donors (Lipinski definition) is 0. The largest absolute Gasteiger partial charge is 0.453 e. The van der Waals surface area contributed by atoms with E-state index in [4.69, 9.17) is 4.42 Å². The van der Waals surface area contributed by atoms with E-state index in [0.717, 1.165) is 46.2 Å². The molecular formula is C66H43NOS2Si. The first-order chi connectivity index (χ1) is 35.0. The zero-order valence-corrected chi connectivity index (χ0v) is 41.8. The van der Waals surface area contributed by atoms with Crippen LogP contribution in [-0.2, 0) is 23.7 Å². The van der Waals surface area contributed by atoms with E-state index in [1.807, 2.05) is 22.7 Å². The lowest BCUT2D eigenvalue weighted by molar-refractivity contribution is 0.666. The molecule has 0 radical (unpaired) electrons. The first-order valence-corrected chi connectivity index (χ1v) is 29.8. The Kier molecular flexibility index (Phi) is 7.42. The summed E-state index contributed by atoms with van der Waals surface area (Å²) in [4.78, 5) is 5.39. The molecule has 0 N–H and O–H groups in total. The molecular weight excluding hydrogens is 915 g/mol. The van der Waals surface area contributed by atoms with E-state index in [9.17, 15) is 0 Å². The Labute approximate surface area is 420 Å². The molecule has 2 nitrogen and oxygen atoms in total. The van der Waals surface area contributed by atoms with Crippen molar-refractivity contribution < 1.29 is 4.42 Å². The lowest BCUT2D eigenvalue weighted by Gasteiger charge is -2.47. The van der Waals surface area contributed by atoms with Crippen molar-refractivity contribution in [2.24, 2.45) is 0 Å². The van der Waals surface area contributed by atoms with Gasteiger partial charge in [0.1, 0.15) is 13.7 Å². The zero-order chi connectivity index (χ0) is 46.5. The van der Waals surface area contributed by atoms with Gasteiger partial charge in [0.2, 0.25) is 0 Å². The van der Waals surface area contributed by atoms with Crippen LogP contribution in [0.4, 0.5) is 17.1 Å². The Morgan fingerprint density at radius 1 is 0.437 bits per heavy atom. The summed E-state index contributed by atoms with van der Waals surface area (Å²) in [5.74, 6) is 0. The number of nitrogens with zero attached hydrogens (tertiary/aromatic N) is 1. The first-order valence-electron chi connectivity index (χ1n) is 25.0. The summed E-state index contributed by atoms with van der Waals surface area (Å²) in [5, 5.41) is 12.8. The number of para-hydroxylation sites is 2. The van der Waals surface area contributed by atoms with Crippen LogP contribution in [0.3, 0.4) is 0 Å². The number of furan rings is 1. The smallest absolute Gasteiger partial charge is 0.159 e. The molecule has 1 spiro atoms. The molecule has 5 heteroatoms. The maximum atomic E-state index is 7.81. The summed E-state index contributed by atoms with van der Waals surface area (Å²) < 4.78 is 7.81. The van der Waals surface area contributed by atoms with Gasteiger partial charge in [-0.2, -0.15) is 0 Å². The van der Waals surface area contributed by atoms with Gasteiger partial charge in [-0.25, -0.2) is 0 Å². The van der Waals surface area contributed by atoms with E-state index in [2.05, 4.69) is 217 Å². The summed E-state index contributed by atoms with van der Waals surface area (Å²) in [6.45, 7) is 5.08. The quantitative estimate of drug-likeness (QED) is 0.164. The number of thiophene rings is 2. The topological polar surface area (TPSA) is 16.4 Å². The molecule has 17 rings (SSSR count). The second-order valence-corrected chi connectivity index (χ2v) is 27.1. The number of rotatable bonds is 3. The molecule has 12 aromatic rings. The van der Waals surface area contributed by atoms with Crippen molar-refractivity contribution >= 4 is 90.9 Å². The highest BCUT2D eigenvalue weighted by Crippen LogP contribution is 2.66. The molecule has 0 saturated heterocycles. The summed E-state index contributed by atoms with van der Waals surface area (Å²) in [5.41, 5.74) is 23.1. The number of benzene rings is 9. The van der Waals surface area contributed by atoms with Crippen LogP contribution in [0.5, 0.6) is 0 Å². The Balaban J connectivity index is 0.996. The van der Waals surface area contributed by atoms with Crippen LogP contribution in [0.1, 0.15) is 55.6 Å². The molecule has 3 aromatic heterocycles. The van der Waals surface area contributed by atoms with Crippen molar-refractivity contribution in [3.63, 3.8) is 0 Å². The molecule has 71 heavy (non-hydrogen) atoms. The van der Waals surface area contributed by atoms with Gasteiger partial charge in [-0.1, -0.05) is 165 Å². The monoisotopic (exact) mass is 957 g/mol. The third-order valence-corrected chi connectivity index (χ3v) is 23.1. The summed E-state index contributed by atoms with van der Waals surface area (Å²) >= 11 is 3.78. The van der Waals surface area contributed by atoms with Gasteiger partial charge in [0.15, 0.2) is 5.58 Å². The molecule has 334 valence electrons. The molecule has 0 saturated carbocycles. The van der Waals surface area contributed by atoms with Crippen LogP contribution in [0.15, 0.2) is 203 Å². The fourth-order valence-corrected chi connectivity index (χ4v) is 20.0. The highest BCUT2D eigenvalue weighted by Gasteiger charge is 2.53. The van der Waals surface area contributed by atoms with E-state index in [1.54, 1.807) is 0 Å². The maximum absolute atomic E-state index is 7.81. The van der Waals surface area contributed by atoms with E-state index < -0.39 is 18.9 Å². The van der Waals surface area contributed by atoms with Crippen LogP contribution in [0, 0.1) is 0 Å². The van der Waals surface area contributed by atoms with Crippen LogP contribution < -0.4 is 15.3 Å². The molecule has 0 atom stereocenters. The average Bonchev–Trinajstić information content (AvgIpc) is 4.30. The number of aryl methyl sites for hydroxylation is 2. The highest BCUT2D eigenvalue weighted by atomic mass is 32.1. The number of fused-ring (bicyclic) bond motifs is 18. The predicted octanol–water partition coefficient (Wildman–Crippen LogP) is 16.3. The van der Waals surface area contributed by atoms with Gasteiger partial charge in [-0.15, -0.1) is 22.7 Å². The van der Waals surface area contributed by atoms with Crippen molar-refractivity contribution in [2.75, 3.05) is 4.90 Å². The Morgan fingerprint density at radius 3 is 1.85 bits per heavy atom. The van der Waals surface area contributed by atoms with Crippen LogP contribution in [0.2, 0.25) is 13.1 Å². The van der Waals surface area contributed by atoms with Gasteiger partial charge in [0, 0.05) is 26.1 Å². The second-order valence-electron chi connectivity index (χ2n) is 20.9. The summed E-state index contributed by atoms with van der Waals surface area (Å²) in [6, 6.07) is 72.4. The zero-order valence-electron chi connectivity index (χ0n) is 39.1. The van der Waals surface area contributed by atoms with Crippen molar-refractivity contribution in [3.8, 4) is 32.0 Å². The third kappa shape index (κ3) is 4.53. The molecule has 5 aliphatic rings. The minimum Gasteiger partial charge on any atom is -0.453 e. The van der Waals surface area contributed by atoms with Crippen LogP contribution in [0.25, 0.3) is 64.7 Å². The molecule has 0 bridgehead atoms. The minimum absolute atomic E-state index is 0.444. The Bertz CT molecular complexity index is 4250. The summed E-state index contributed by atoms with van der Waals surface area (Å²) in [7, 11) is -2.12. The van der Waals surface area contributed by atoms with Gasteiger partial charge in [-0.3, -0.25) is 0 Å². The fraction of sp³-hybridized carbons (Fsp3) is 0.0909. The molecule has 0 unspecified atom stereocenters. The van der Waals surface area contributed by atoms with Crippen molar-refractivity contribution in [2.45, 2.75) is 36.8 Å². The van der Waals surface area contributed by atoms with Crippen LogP contribution >= 0.6 is 22.7 Å². The number of hydrogen-bond acceptors (Lipinski definition) is 4. The number of anilines is 3.